The van der Waals surface area contributed by atoms with E-state index in [4.69, 9.17) is 4.98 Å². The Hall–Kier alpha value is -3.21. The van der Waals surface area contributed by atoms with Gasteiger partial charge >= 0.3 is 0 Å². The van der Waals surface area contributed by atoms with E-state index in [0.29, 0.717) is 11.6 Å². The smallest absolute Gasteiger partial charge is 0.277 e. The van der Waals surface area contributed by atoms with Gasteiger partial charge in [-0.05, 0) is 61.9 Å². The van der Waals surface area contributed by atoms with Crippen LogP contribution in [0.2, 0.25) is 0 Å². The Morgan fingerprint density at radius 3 is 2.31 bits per heavy atom. The third-order valence-corrected chi connectivity index (χ3v) is 5.77. The van der Waals surface area contributed by atoms with Crippen LogP contribution in [-0.4, -0.2) is 29.0 Å². The summed E-state index contributed by atoms with van der Waals surface area (Å²) in [5, 5.41) is 0. The molecule has 3 aromatic rings. The Morgan fingerprint density at radius 1 is 0.862 bits per heavy atom. The van der Waals surface area contributed by atoms with E-state index in [9.17, 15) is 4.79 Å². The summed E-state index contributed by atoms with van der Waals surface area (Å²) in [7, 11) is 0. The molecule has 5 rings (SSSR count). The number of aryl methyl sites for hydroxylation is 3. The third kappa shape index (κ3) is 3.27. The maximum absolute atomic E-state index is 13.4. The molecule has 2 aliphatic heterocycles. The van der Waals surface area contributed by atoms with Crippen molar-refractivity contribution >= 4 is 23.2 Å². The zero-order valence-corrected chi connectivity index (χ0v) is 16.6. The van der Waals surface area contributed by atoms with Crippen molar-refractivity contribution in [3.8, 4) is 0 Å². The molecule has 0 bridgehead atoms. The molecule has 0 N–H and O–H groups in total. The van der Waals surface area contributed by atoms with Crippen molar-refractivity contribution in [2.45, 2.75) is 32.6 Å². The lowest BCUT2D eigenvalue weighted by molar-refractivity contribution is 0.0980. The first-order chi connectivity index (χ1) is 14.2. The van der Waals surface area contributed by atoms with Gasteiger partial charge in [-0.25, -0.2) is 9.97 Å². The Labute approximate surface area is 171 Å². The largest absolute Gasteiger partial charge is 0.310 e. The van der Waals surface area contributed by atoms with Crippen molar-refractivity contribution in [1.82, 2.24) is 9.97 Å². The number of anilines is 3. The zero-order chi connectivity index (χ0) is 19.8. The Morgan fingerprint density at radius 2 is 1.52 bits per heavy atom. The van der Waals surface area contributed by atoms with Crippen LogP contribution in [0.15, 0.2) is 54.6 Å². The van der Waals surface area contributed by atoms with Crippen molar-refractivity contribution < 1.29 is 4.79 Å². The predicted octanol–water partition coefficient (Wildman–Crippen LogP) is 4.46. The van der Waals surface area contributed by atoms with Gasteiger partial charge < -0.3 is 9.80 Å². The van der Waals surface area contributed by atoms with Crippen LogP contribution in [-0.2, 0) is 12.8 Å². The molecule has 1 amide bonds. The summed E-state index contributed by atoms with van der Waals surface area (Å²) in [5.41, 5.74) is 5.96. The number of para-hydroxylation sites is 2. The van der Waals surface area contributed by atoms with Gasteiger partial charge in [0.1, 0.15) is 5.69 Å². The van der Waals surface area contributed by atoms with Crippen molar-refractivity contribution in [3.63, 3.8) is 0 Å². The number of hydrogen-bond donors (Lipinski definition) is 0. The molecule has 0 saturated carbocycles. The van der Waals surface area contributed by atoms with Crippen LogP contribution in [0.3, 0.4) is 0 Å². The van der Waals surface area contributed by atoms with E-state index in [0.717, 1.165) is 55.8 Å². The van der Waals surface area contributed by atoms with Gasteiger partial charge in [0, 0.05) is 30.2 Å². The van der Waals surface area contributed by atoms with Crippen LogP contribution in [0, 0.1) is 6.92 Å². The first-order valence-corrected chi connectivity index (χ1v) is 10.3. The minimum atomic E-state index is -0.0470. The van der Waals surface area contributed by atoms with Crippen LogP contribution in [0.1, 0.15) is 40.2 Å². The molecule has 2 aromatic carbocycles. The molecule has 0 fully saturated rings. The van der Waals surface area contributed by atoms with Gasteiger partial charge in [-0.2, -0.15) is 0 Å². The monoisotopic (exact) mass is 384 g/mol. The fourth-order valence-corrected chi connectivity index (χ4v) is 4.41. The van der Waals surface area contributed by atoms with E-state index in [1.807, 2.05) is 36.1 Å². The standard InChI is InChI=1S/C24H24N4O/c1-17-16-20(23(29)27-14-6-10-18-8-2-4-12-21(18)27)26-24(25-17)28-15-7-11-19-9-3-5-13-22(19)28/h2-5,8-9,12-13,16H,6-7,10-11,14-15H2,1H3. The maximum Gasteiger partial charge on any atom is 0.277 e. The number of hydrogen-bond acceptors (Lipinski definition) is 4. The molecule has 0 unspecified atom stereocenters. The van der Waals surface area contributed by atoms with Gasteiger partial charge in [-0.3, -0.25) is 4.79 Å². The number of carbonyl (C=O) groups excluding carboxylic acids is 1. The first kappa shape index (κ1) is 17.9. The first-order valence-electron chi connectivity index (χ1n) is 10.3. The second-order valence-electron chi connectivity index (χ2n) is 7.77. The number of benzene rings is 2. The molecular weight excluding hydrogens is 360 g/mol. The summed E-state index contributed by atoms with van der Waals surface area (Å²) in [5.74, 6) is 0.569. The zero-order valence-electron chi connectivity index (χ0n) is 16.6. The molecule has 2 aliphatic rings. The number of fused-ring (bicyclic) bond motifs is 2. The van der Waals surface area contributed by atoms with Crippen molar-refractivity contribution in [1.29, 1.82) is 0 Å². The molecule has 0 spiro atoms. The molecule has 5 nitrogen and oxygen atoms in total. The number of amides is 1. The highest BCUT2D eigenvalue weighted by molar-refractivity contribution is 6.05. The molecule has 1 aromatic heterocycles. The SMILES string of the molecule is Cc1cc(C(=O)N2CCCc3ccccc32)nc(N2CCCc3ccccc32)n1. The van der Waals surface area contributed by atoms with Gasteiger partial charge in [-0.15, -0.1) is 0 Å². The van der Waals surface area contributed by atoms with Crippen LogP contribution in [0.25, 0.3) is 0 Å². The summed E-state index contributed by atoms with van der Waals surface area (Å²) >= 11 is 0. The van der Waals surface area contributed by atoms with E-state index in [1.165, 1.54) is 11.1 Å². The maximum atomic E-state index is 13.4. The summed E-state index contributed by atoms with van der Waals surface area (Å²) in [4.78, 5) is 26.8. The molecule has 0 radical (unpaired) electrons. The average molecular weight is 384 g/mol. The normalized spacial score (nSPS) is 15.6. The topological polar surface area (TPSA) is 49.3 Å². The second kappa shape index (κ2) is 7.32. The van der Waals surface area contributed by atoms with Gasteiger partial charge in [-0.1, -0.05) is 36.4 Å². The fourth-order valence-electron chi connectivity index (χ4n) is 4.41. The van der Waals surface area contributed by atoms with E-state index in [2.05, 4.69) is 34.1 Å². The highest BCUT2D eigenvalue weighted by Crippen LogP contribution is 2.32. The lowest BCUT2D eigenvalue weighted by atomic mass is 10.0. The summed E-state index contributed by atoms with van der Waals surface area (Å²) in [6.07, 6.45) is 4.10. The van der Waals surface area contributed by atoms with Crippen LogP contribution in [0.4, 0.5) is 17.3 Å². The van der Waals surface area contributed by atoms with Crippen LogP contribution >= 0.6 is 0 Å². The van der Waals surface area contributed by atoms with Crippen molar-refractivity contribution in [2.24, 2.45) is 0 Å². The van der Waals surface area contributed by atoms with E-state index >= 15 is 0 Å². The highest BCUT2D eigenvalue weighted by Gasteiger charge is 2.26. The minimum Gasteiger partial charge on any atom is -0.310 e. The van der Waals surface area contributed by atoms with E-state index < -0.39 is 0 Å². The molecule has 0 aliphatic carbocycles. The summed E-state index contributed by atoms with van der Waals surface area (Å²) < 4.78 is 0. The average Bonchev–Trinajstić information content (AvgIpc) is 2.77. The number of aromatic nitrogens is 2. The third-order valence-electron chi connectivity index (χ3n) is 5.77. The number of nitrogens with zero attached hydrogens (tertiary/aromatic N) is 4. The minimum absolute atomic E-state index is 0.0470. The second-order valence-corrected chi connectivity index (χ2v) is 7.77. The van der Waals surface area contributed by atoms with Gasteiger partial charge in [0.05, 0.1) is 0 Å². The molecule has 0 atom stereocenters. The lowest BCUT2D eigenvalue weighted by Crippen LogP contribution is -2.36. The molecular formula is C24H24N4O. The van der Waals surface area contributed by atoms with Gasteiger partial charge in [0.2, 0.25) is 5.95 Å². The number of rotatable bonds is 2. The van der Waals surface area contributed by atoms with E-state index in [-0.39, 0.29) is 5.91 Å². The fraction of sp³-hybridized carbons (Fsp3) is 0.292. The van der Waals surface area contributed by atoms with E-state index in [1.54, 1.807) is 6.07 Å². The summed E-state index contributed by atoms with van der Waals surface area (Å²) in [6.45, 7) is 3.52. The van der Waals surface area contributed by atoms with Crippen LogP contribution < -0.4 is 9.80 Å². The molecule has 146 valence electrons. The molecule has 0 saturated heterocycles. The van der Waals surface area contributed by atoms with Gasteiger partial charge in [0.15, 0.2) is 0 Å². The quantitative estimate of drug-likeness (QED) is 0.654. The summed E-state index contributed by atoms with van der Waals surface area (Å²) in [6, 6.07) is 18.4. The molecule has 5 heteroatoms. The van der Waals surface area contributed by atoms with Crippen LogP contribution in [0.5, 0.6) is 0 Å². The Bertz CT molecular complexity index is 1080. The molecule has 3 heterocycles. The highest BCUT2D eigenvalue weighted by atomic mass is 16.2. The number of carbonyl (C=O) groups is 1. The van der Waals surface area contributed by atoms with Gasteiger partial charge in [0.25, 0.3) is 5.91 Å². The predicted molar refractivity (Wildman–Crippen MR) is 115 cm³/mol. The Kier molecular flexibility index (Phi) is 4.51. The van der Waals surface area contributed by atoms with Crippen molar-refractivity contribution in [2.75, 3.05) is 22.9 Å². The molecule has 29 heavy (non-hydrogen) atoms. The Balaban J connectivity index is 1.52. The lowest BCUT2D eigenvalue weighted by Gasteiger charge is -2.31. The van der Waals surface area contributed by atoms with Crippen molar-refractivity contribution in [3.05, 3.63) is 77.1 Å².